The van der Waals surface area contributed by atoms with Crippen LogP contribution in [0.3, 0.4) is 0 Å². The quantitative estimate of drug-likeness (QED) is 0.658. The van der Waals surface area contributed by atoms with Crippen molar-refractivity contribution < 1.29 is 16.8 Å². The average Bonchev–Trinajstić information content (AvgIpc) is 2.78. The molecule has 9 heteroatoms. The Morgan fingerprint density at radius 3 is 2.50 bits per heavy atom. The number of aryl methyl sites for hydroxylation is 1. The number of aromatic nitrogens is 1. The molecule has 0 aliphatic rings. The van der Waals surface area contributed by atoms with Gasteiger partial charge in [-0.25, -0.2) is 21.6 Å². The molecule has 2 aromatic rings. The zero-order valence-corrected chi connectivity index (χ0v) is 15.6. The van der Waals surface area contributed by atoms with E-state index in [0.29, 0.717) is 12.1 Å². The van der Waals surface area contributed by atoms with E-state index in [4.69, 9.17) is 0 Å². The van der Waals surface area contributed by atoms with Crippen LogP contribution in [0.5, 0.6) is 0 Å². The lowest BCUT2D eigenvalue weighted by atomic mass is 10.1. The highest BCUT2D eigenvalue weighted by Crippen LogP contribution is 2.25. The van der Waals surface area contributed by atoms with Crippen LogP contribution in [0, 0.1) is 6.92 Å². The molecule has 0 amide bonds. The monoisotopic (exact) mass is 373 g/mol. The Bertz CT molecular complexity index is 931. The lowest BCUT2D eigenvalue weighted by Crippen LogP contribution is -2.21. The van der Waals surface area contributed by atoms with E-state index in [1.807, 2.05) is 13.8 Å². The predicted octanol–water partition coefficient (Wildman–Crippen LogP) is 2.07. The number of sulfonamides is 2. The Labute approximate surface area is 142 Å². The van der Waals surface area contributed by atoms with Gasteiger partial charge in [0.25, 0.3) is 0 Å². The Hall–Kier alpha value is -1.58. The van der Waals surface area contributed by atoms with Crippen LogP contribution in [0.25, 0.3) is 10.9 Å². The molecule has 0 aliphatic heterocycles. The summed E-state index contributed by atoms with van der Waals surface area (Å²) in [5.74, 6) is 0.0944. The molecule has 1 aromatic heterocycles. The molecule has 24 heavy (non-hydrogen) atoms. The van der Waals surface area contributed by atoms with Crippen LogP contribution in [0.1, 0.15) is 31.0 Å². The Morgan fingerprint density at radius 1 is 1.17 bits per heavy atom. The van der Waals surface area contributed by atoms with Crippen LogP contribution in [0.2, 0.25) is 0 Å². The third-order valence-corrected chi connectivity index (χ3v) is 5.75. The van der Waals surface area contributed by atoms with Gasteiger partial charge in [-0.3, -0.25) is 4.72 Å². The molecule has 3 N–H and O–H groups in total. The smallest absolute Gasteiger partial charge is 0.232 e. The van der Waals surface area contributed by atoms with Crippen molar-refractivity contribution in [3.63, 3.8) is 0 Å². The van der Waals surface area contributed by atoms with Gasteiger partial charge in [0.2, 0.25) is 20.0 Å². The van der Waals surface area contributed by atoms with Gasteiger partial charge in [-0.15, -0.1) is 0 Å². The van der Waals surface area contributed by atoms with Crippen molar-refractivity contribution in [2.45, 2.75) is 33.2 Å². The number of nitrogens with one attached hydrogen (secondary N) is 3. The highest BCUT2D eigenvalue weighted by molar-refractivity contribution is 7.92. The number of aromatic amines is 1. The summed E-state index contributed by atoms with van der Waals surface area (Å²) in [6.45, 7) is 3.97. The SMILES string of the molecule is CCCCS(=O)(=O)Nc1ccc2[nH]c(CNS(C)(=O)=O)c(C)c2c1. The number of benzene rings is 1. The number of fused-ring (bicyclic) bond motifs is 1. The molecule has 0 fully saturated rings. The number of rotatable bonds is 8. The Kier molecular flexibility index (Phi) is 5.56. The van der Waals surface area contributed by atoms with Crippen molar-refractivity contribution in [2.75, 3.05) is 16.7 Å². The average molecular weight is 374 g/mol. The fourth-order valence-corrected chi connectivity index (χ4v) is 4.05. The summed E-state index contributed by atoms with van der Waals surface area (Å²) in [5.41, 5.74) is 2.97. The van der Waals surface area contributed by atoms with Gasteiger partial charge in [0, 0.05) is 22.3 Å². The summed E-state index contributed by atoms with van der Waals surface area (Å²) in [5, 5.41) is 0.857. The summed E-state index contributed by atoms with van der Waals surface area (Å²) < 4.78 is 51.5. The zero-order chi connectivity index (χ0) is 18.0. The molecule has 0 unspecified atom stereocenters. The molecule has 2 rings (SSSR count). The van der Waals surface area contributed by atoms with Gasteiger partial charge < -0.3 is 4.98 Å². The molecule has 1 aromatic carbocycles. The first-order chi connectivity index (χ1) is 11.1. The van der Waals surface area contributed by atoms with Crippen molar-refractivity contribution >= 4 is 36.6 Å². The van der Waals surface area contributed by atoms with E-state index in [0.717, 1.165) is 34.8 Å². The second-order valence-corrected chi connectivity index (χ2v) is 9.53. The van der Waals surface area contributed by atoms with Crippen molar-refractivity contribution in [3.05, 3.63) is 29.5 Å². The molecule has 0 aliphatic carbocycles. The third-order valence-electron chi connectivity index (χ3n) is 3.71. The number of anilines is 1. The topological polar surface area (TPSA) is 108 Å². The molecule has 134 valence electrons. The summed E-state index contributed by atoms with van der Waals surface area (Å²) >= 11 is 0. The highest BCUT2D eigenvalue weighted by Gasteiger charge is 2.13. The lowest BCUT2D eigenvalue weighted by Gasteiger charge is -2.07. The molecule has 1 heterocycles. The molecule has 0 spiro atoms. The van der Waals surface area contributed by atoms with Crippen LogP contribution >= 0.6 is 0 Å². The minimum Gasteiger partial charge on any atom is -0.357 e. The van der Waals surface area contributed by atoms with Crippen LogP contribution in [-0.2, 0) is 26.6 Å². The molecule has 0 atom stereocenters. The van der Waals surface area contributed by atoms with Gasteiger partial charge >= 0.3 is 0 Å². The zero-order valence-electron chi connectivity index (χ0n) is 14.0. The minimum atomic E-state index is -3.35. The normalized spacial score (nSPS) is 12.6. The first-order valence-electron chi connectivity index (χ1n) is 7.67. The van der Waals surface area contributed by atoms with E-state index in [2.05, 4.69) is 14.4 Å². The Balaban J connectivity index is 2.26. The van der Waals surface area contributed by atoms with Crippen LogP contribution in [-0.4, -0.2) is 33.8 Å². The van der Waals surface area contributed by atoms with E-state index < -0.39 is 20.0 Å². The molecule has 0 bridgehead atoms. The van der Waals surface area contributed by atoms with E-state index in [1.54, 1.807) is 18.2 Å². The molecule has 0 radical (unpaired) electrons. The van der Waals surface area contributed by atoms with Gasteiger partial charge in [-0.1, -0.05) is 13.3 Å². The summed E-state index contributed by atoms with van der Waals surface area (Å²) in [4.78, 5) is 3.16. The fourth-order valence-electron chi connectivity index (χ4n) is 2.39. The summed E-state index contributed by atoms with van der Waals surface area (Å²) in [6, 6.07) is 5.23. The van der Waals surface area contributed by atoms with Gasteiger partial charge in [0.05, 0.1) is 18.6 Å². The van der Waals surface area contributed by atoms with Gasteiger partial charge in [-0.2, -0.15) is 0 Å². The van der Waals surface area contributed by atoms with Crippen molar-refractivity contribution in [1.29, 1.82) is 0 Å². The number of unbranched alkanes of at least 4 members (excludes halogenated alkanes) is 1. The maximum atomic E-state index is 12.0. The van der Waals surface area contributed by atoms with Crippen LogP contribution < -0.4 is 9.44 Å². The molecular weight excluding hydrogens is 350 g/mol. The van der Waals surface area contributed by atoms with E-state index >= 15 is 0 Å². The van der Waals surface area contributed by atoms with Crippen molar-refractivity contribution in [3.8, 4) is 0 Å². The Morgan fingerprint density at radius 2 is 1.88 bits per heavy atom. The van der Waals surface area contributed by atoms with Crippen molar-refractivity contribution in [2.24, 2.45) is 0 Å². The first kappa shape index (κ1) is 18.8. The molecule has 7 nitrogen and oxygen atoms in total. The maximum absolute atomic E-state index is 12.0. The van der Waals surface area contributed by atoms with E-state index in [1.165, 1.54) is 0 Å². The number of hydrogen-bond acceptors (Lipinski definition) is 4. The first-order valence-corrected chi connectivity index (χ1v) is 11.2. The van der Waals surface area contributed by atoms with Crippen LogP contribution in [0.15, 0.2) is 18.2 Å². The lowest BCUT2D eigenvalue weighted by molar-refractivity contribution is 0.586. The van der Waals surface area contributed by atoms with E-state index in [9.17, 15) is 16.8 Å². The standard InChI is InChI=1S/C15H23N3O4S2/c1-4-5-8-24(21,22)18-12-6-7-14-13(9-12)11(2)15(17-14)10-16-23(3,19)20/h6-7,9,16-18H,4-5,8,10H2,1-3H3. The molecule has 0 saturated carbocycles. The summed E-state index contributed by atoms with van der Waals surface area (Å²) in [7, 11) is -6.63. The largest absolute Gasteiger partial charge is 0.357 e. The van der Waals surface area contributed by atoms with Crippen molar-refractivity contribution in [1.82, 2.24) is 9.71 Å². The molecule has 0 saturated heterocycles. The van der Waals surface area contributed by atoms with E-state index in [-0.39, 0.29) is 12.3 Å². The summed E-state index contributed by atoms with van der Waals surface area (Å²) in [6.07, 6.45) is 2.53. The third kappa shape index (κ3) is 4.96. The fraction of sp³-hybridized carbons (Fsp3) is 0.467. The predicted molar refractivity (Wildman–Crippen MR) is 97.0 cm³/mol. The van der Waals surface area contributed by atoms with Gasteiger partial charge in [0.15, 0.2) is 0 Å². The molecular formula is C15H23N3O4S2. The number of H-pyrrole nitrogens is 1. The second kappa shape index (κ2) is 7.12. The van der Waals surface area contributed by atoms with Crippen LogP contribution in [0.4, 0.5) is 5.69 Å². The highest BCUT2D eigenvalue weighted by atomic mass is 32.2. The number of hydrogen-bond donors (Lipinski definition) is 3. The second-order valence-electron chi connectivity index (χ2n) is 5.86. The van der Waals surface area contributed by atoms with Gasteiger partial charge in [0.1, 0.15) is 0 Å². The van der Waals surface area contributed by atoms with Gasteiger partial charge in [-0.05, 0) is 37.1 Å². The maximum Gasteiger partial charge on any atom is 0.232 e. The minimum absolute atomic E-state index is 0.0944.